The highest BCUT2D eigenvalue weighted by Gasteiger charge is 2.19. The van der Waals surface area contributed by atoms with E-state index in [4.69, 9.17) is 0 Å². The number of rotatable bonds is 3. The number of aryl methyl sites for hydroxylation is 2. The summed E-state index contributed by atoms with van der Waals surface area (Å²) in [6.07, 6.45) is 1.79. The first kappa shape index (κ1) is 15.0. The lowest BCUT2D eigenvalue weighted by molar-refractivity contribution is 0.670. The molecular formula is C15H18N8S. The third kappa shape index (κ3) is 2.15. The first-order valence-corrected chi connectivity index (χ1v) is 8.53. The molecule has 4 aromatic rings. The lowest BCUT2D eigenvalue weighted by Crippen LogP contribution is -1.99. The van der Waals surface area contributed by atoms with Crippen LogP contribution in [-0.4, -0.2) is 39.4 Å². The van der Waals surface area contributed by atoms with E-state index >= 15 is 0 Å². The Bertz CT molecular complexity index is 1030. The molecule has 0 fully saturated rings. The molecule has 0 spiro atoms. The second kappa shape index (κ2) is 5.23. The molecule has 0 aliphatic carbocycles. The van der Waals surface area contributed by atoms with Crippen molar-refractivity contribution in [1.82, 2.24) is 39.4 Å². The topological polar surface area (TPSA) is 78.7 Å². The van der Waals surface area contributed by atoms with E-state index in [-0.39, 0.29) is 0 Å². The van der Waals surface area contributed by atoms with Crippen molar-refractivity contribution < 1.29 is 0 Å². The molecule has 0 aliphatic rings. The molecule has 0 amide bonds. The van der Waals surface area contributed by atoms with E-state index < -0.39 is 0 Å². The smallest absolute Gasteiger partial charge is 0.235 e. The Morgan fingerprint density at radius 3 is 2.50 bits per heavy atom. The van der Waals surface area contributed by atoms with E-state index in [2.05, 4.69) is 45.4 Å². The van der Waals surface area contributed by atoms with Gasteiger partial charge in [0.1, 0.15) is 5.69 Å². The van der Waals surface area contributed by atoms with Crippen molar-refractivity contribution in [2.45, 2.75) is 26.7 Å². The lowest BCUT2D eigenvalue weighted by Gasteiger charge is -2.02. The lowest BCUT2D eigenvalue weighted by atomic mass is 10.1. The zero-order chi connectivity index (χ0) is 17.0. The van der Waals surface area contributed by atoms with Crippen LogP contribution < -0.4 is 0 Å². The molecule has 0 bridgehead atoms. The van der Waals surface area contributed by atoms with E-state index in [1.165, 1.54) is 17.0 Å². The van der Waals surface area contributed by atoms with Crippen molar-refractivity contribution in [2.75, 3.05) is 0 Å². The van der Waals surface area contributed by atoms with E-state index in [0.717, 1.165) is 26.9 Å². The fraction of sp³-hybridized carbons (Fsp3) is 0.400. The predicted octanol–water partition coefficient (Wildman–Crippen LogP) is 2.42. The molecule has 9 heteroatoms. The zero-order valence-corrected chi connectivity index (χ0v) is 15.0. The average molecular weight is 342 g/mol. The Labute approximate surface area is 142 Å². The predicted molar refractivity (Wildman–Crippen MR) is 91.9 cm³/mol. The minimum atomic E-state index is 0.413. The molecule has 0 aromatic carbocycles. The molecule has 0 unspecified atom stereocenters. The highest BCUT2D eigenvalue weighted by atomic mass is 32.1. The van der Waals surface area contributed by atoms with Gasteiger partial charge in [0, 0.05) is 25.5 Å². The Balaban J connectivity index is 1.83. The summed E-state index contributed by atoms with van der Waals surface area (Å²) in [7, 11) is 3.87. The third-order valence-electron chi connectivity index (χ3n) is 4.19. The van der Waals surface area contributed by atoms with Crippen molar-refractivity contribution in [2.24, 2.45) is 14.1 Å². The van der Waals surface area contributed by atoms with E-state index in [1.807, 2.05) is 30.4 Å². The van der Waals surface area contributed by atoms with Crippen LogP contribution in [0.5, 0.6) is 0 Å². The molecule has 24 heavy (non-hydrogen) atoms. The first-order chi connectivity index (χ1) is 11.5. The molecule has 4 aromatic heterocycles. The zero-order valence-electron chi connectivity index (χ0n) is 14.2. The Kier molecular flexibility index (Phi) is 3.27. The van der Waals surface area contributed by atoms with Gasteiger partial charge in [-0.05, 0) is 18.9 Å². The molecule has 0 atom stereocenters. The number of aromatic nitrogens is 8. The quantitative estimate of drug-likeness (QED) is 0.571. The van der Waals surface area contributed by atoms with Crippen molar-refractivity contribution in [3.05, 3.63) is 23.7 Å². The van der Waals surface area contributed by atoms with Crippen LogP contribution in [0.1, 0.15) is 31.2 Å². The molecule has 4 rings (SSSR count). The fourth-order valence-electron chi connectivity index (χ4n) is 2.73. The maximum Gasteiger partial charge on any atom is 0.235 e. The summed E-state index contributed by atoms with van der Waals surface area (Å²) in [6, 6.07) is 2.09. The largest absolute Gasteiger partial charge is 0.272 e. The summed E-state index contributed by atoms with van der Waals surface area (Å²) in [5, 5.41) is 22.9. The van der Waals surface area contributed by atoms with Crippen molar-refractivity contribution in [3.63, 3.8) is 0 Å². The summed E-state index contributed by atoms with van der Waals surface area (Å²) < 4.78 is 5.50. The van der Waals surface area contributed by atoms with Gasteiger partial charge in [-0.3, -0.25) is 9.36 Å². The second-order valence-corrected chi connectivity index (χ2v) is 7.08. The number of nitrogens with zero attached hydrogens (tertiary/aromatic N) is 8. The van der Waals surface area contributed by atoms with Crippen LogP contribution >= 0.6 is 11.3 Å². The van der Waals surface area contributed by atoms with E-state index in [9.17, 15) is 0 Å². The van der Waals surface area contributed by atoms with Gasteiger partial charge < -0.3 is 0 Å². The Hall–Kier alpha value is -2.55. The highest BCUT2D eigenvalue weighted by Crippen LogP contribution is 2.29. The minimum Gasteiger partial charge on any atom is -0.272 e. The average Bonchev–Trinajstić information content (AvgIpc) is 3.25. The van der Waals surface area contributed by atoms with E-state index in [0.29, 0.717) is 11.7 Å². The van der Waals surface area contributed by atoms with Crippen LogP contribution in [0.4, 0.5) is 0 Å². The summed E-state index contributed by atoms with van der Waals surface area (Å²) >= 11 is 1.49. The SMILES string of the molecule is Cc1c(-c2nnc3sc(-c4cc(C(C)C)n(C)n4)nn23)cnn1C. The molecule has 124 valence electrons. The maximum absolute atomic E-state index is 4.68. The van der Waals surface area contributed by atoms with Crippen LogP contribution in [0, 0.1) is 6.92 Å². The maximum atomic E-state index is 4.68. The fourth-order valence-corrected chi connectivity index (χ4v) is 3.53. The van der Waals surface area contributed by atoms with Gasteiger partial charge in [0.15, 0.2) is 10.8 Å². The van der Waals surface area contributed by atoms with Crippen molar-refractivity contribution in [3.8, 4) is 22.1 Å². The van der Waals surface area contributed by atoms with Gasteiger partial charge in [0.2, 0.25) is 4.96 Å². The molecule has 8 nitrogen and oxygen atoms in total. The molecule has 0 saturated heterocycles. The van der Waals surface area contributed by atoms with Gasteiger partial charge in [-0.2, -0.15) is 19.8 Å². The van der Waals surface area contributed by atoms with Crippen molar-refractivity contribution >= 4 is 16.3 Å². The second-order valence-electron chi connectivity index (χ2n) is 6.13. The van der Waals surface area contributed by atoms with E-state index in [1.54, 1.807) is 10.7 Å². The normalized spacial score (nSPS) is 11.9. The Morgan fingerprint density at radius 1 is 1.08 bits per heavy atom. The molecule has 0 aliphatic heterocycles. The van der Waals surface area contributed by atoms with Gasteiger partial charge >= 0.3 is 0 Å². The van der Waals surface area contributed by atoms with Crippen LogP contribution in [0.3, 0.4) is 0 Å². The molecule has 0 radical (unpaired) electrons. The number of hydrogen-bond donors (Lipinski definition) is 0. The summed E-state index contributed by atoms with van der Waals surface area (Å²) in [4.78, 5) is 0.750. The minimum absolute atomic E-state index is 0.413. The first-order valence-electron chi connectivity index (χ1n) is 7.71. The van der Waals surface area contributed by atoms with Gasteiger partial charge in [-0.1, -0.05) is 25.2 Å². The number of hydrogen-bond acceptors (Lipinski definition) is 6. The number of fused-ring (bicyclic) bond motifs is 1. The van der Waals surface area contributed by atoms with Crippen LogP contribution in [-0.2, 0) is 14.1 Å². The monoisotopic (exact) mass is 342 g/mol. The van der Waals surface area contributed by atoms with Crippen molar-refractivity contribution in [1.29, 1.82) is 0 Å². The standard InChI is InChI=1S/C15H18N8S/c1-8(2)12-6-11(19-22(12)5)14-20-23-13(17-18-15(23)24-14)10-7-16-21(4)9(10)3/h6-8H,1-5H3. The van der Waals surface area contributed by atoms with Crippen LogP contribution in [0.15, 0.2) is 12.3 Å². The van der Waals surface area contributed by atoms with Gasteiger partial charge in [-0.15, -0.1) is 10.2 Å². The third-order valence-corrected chi connectivity index (χ3v) is 5.11. The van der Waals surface area contributed by atoms with Crippen LogP contribution in [0.25, 0.3) is 27.1 Å². The van der Waals surface area contributed by atoms with Gasteiger partial charge in [-0.25, -0.2) is 0 Å². The summed E-state index contributed by atoms with van der Waals surface area (Å²) in [5.41, 5.74) is 4.01. The van der Waals surface area contributed by atoms with Gasteiger partial charge in [0.05, 0.1) is 11.8 Å². The van der Waals surface area contributed by atoms with Crippen LogP contribution in [0.2, 0.25) is 0 Å². The summed E-state index contributed by atoms with van der Waals surface area (Å²) in [6.45, 7) is 6.32. The molecule has 0 saturated carbocycles. The van der Waals surface area contributed by atoms with Gasteiger partial charge in [0.25, 0.3) is 0 Å². The summed E-state index contributed by atoms with van der Waals surface area (Å²) in [5.74, 6) is 1.12. The Morgan fingerprint density at radius 2 is 1.88 bits per heavy atom. The molecule has 0 N–H and O–H groups in total. The molecule has 4 heterocycles. The molecular weight excluding hydrogens is 324 g/mol. The highest BCUT2D eigenvalue weighted by molar-refractivity contribution is 7.19.